The van der Waals surface area contributed by atoms with E-state index in [-0.39, 0.29) is 19.6 Å². The third-order valence-corrected chi connectivity index (χ3v) is 5.55. The molecule has 5 nitrogen and oxygen atoms in total. The largest absolute Gasteiger partial charge is 0.469 e. The fraction of sp³-hybridized carbons (Fsp3) is 0.259. The van der Waals surface area contributed by atoms with Gasteiger partial charge < -0.3 is 14.4 Å². The molecule has 0 aliphatic carbocycles. The van der Waals surface area contributed by atoms with Crippen LogP contribution in [0.2, 0.25) is 0 Å². The minimum Gasteiger partial charge on any atom is -0.469 e. The predicted octanol–water partition coefficient (Wildman–Crippen LogP) is 6.25. The van der Waals surface area contributed by atoms with Crippen LogP contribution in [0.3, 0.4) is 0 Å². The van der Waals surface area contributed by atoms with E-state index in [4.69, 9.17) is 9.47 Å². The van der Waals surface area contributed by atoms with Crippen molar-refractivity contribution in [1.29, 1.82) is 0 Å². The molecule has 0 aliphatic rings. The number of alkyl halides is 3. The standard InChI is InChI=1S/C27H26F3NO4/c1-3-31(26(33)35-18-19-8-5-4-6-9-19)17-24-21(16-25(32)34-2)10-7-11-23(24)20-12-14-22(15-13-20)27(28,29)30/h4-15H,3,16-18H2,1-2H3. The Morgan fingerprint density at radius 3 is 2.20 bits per heavy atom. The molecule has 0 saturated heterocycles. The molecule has 3 rings (SSSR count). The third kappa shape index (κ3) is 6.85. The van der Waals surface area contributed by atoms with Crippen molar-refractivity contribution < 1.29 is 32.2 Å². The molecule has 0 heterocycles. The van der Waals surface area contributed by atoms with Gasteiger partial charge in [0.1, 0.15) is 6.61 Å². The molecule has 0 saturated carbocycles. The van der Waals surface area contributed by atoms with Gasteiger partial charge in [0.05, 0.1) is 19.1 Å². The summed E-state index contributed by atoms with van der Waals surface area (Å²) in [5, 5.41) is 0. The second-order valence-electron chi connectivity index (χ2n) is 7.83. The van der Waals surface area contributed by atoms with Gasteiger partial charge in [-0.05, 0) is 46.9 Å². The molecule has 0 fully saturated rings. The number of nitrogens with zero attached hydrogens (tertiary/aromatic N) is 1. The van der Waals surface area contributed by atoms with E-state index in [0.717, 1.165) is 17.7 Å². The smallest absolute Gasteiger partial charge is 0.416 e. The Balaban J connectivity index is 1.92. The van der Waals surface area contributed by atoms with Gasteiger partial charge in [-0.2, -0.15) is 13.2 Å². The molecule has 0 aliphatic heterocycles. The first-order valence-corrected chi connectivity index (χ1v) is 11.0. The summed E-state index contributed by atoms with van der Waals surface area (Å²) in [5.74, 6) is -0.467. The van der Waals surface area contributed by atoms with Crippen molar-refractivity contribution in [3.8, 4) is 11.1 Å². The molecule has 0 N–H and O–H groups in total. The summed E-state index contributed by atoms with van der Waals surface area (Å²) >= 11 is 0. The number of amides is 1. The summed E-state index contributed by atoms with van der Waals surface area (Å²) in [6, 6.07) is 19.3. The van der Waals surface area contributed by atoms with E-state index >= 15 is 0 Å². The summed E-state index contributed by atoms with van der Waals surface area (Å²) in [6.45, 7) is 2.33. The van der Waals surface area contributed by atoms with Gasteiger partial charge >= 0.3 is 18.2 Å². The molecule has 0 atom stereocenters. The van der Waals surface area contributed by atoms with E-state index in [1.54, 1.807) is 25.1 Å². The zero-order valence-corrected chi connectivity index (χ0v) is 19.5. The molecule has 0 spiro atoms. The first-order chi connectivity index (χ1) is 16.7. The Kier molecular flexibility index (Phi) is 8.52. The minimum atomic E-state index is -4.45. The number of halogens is 3. The highest BCUT2D eigenvalue weighted by Gasteiger charge is 2.30. The van der Waals surface area contributed by atoms with Crippen LogP contribution < -0.4 is 0 Å². The van der Waals surface area contributed by atoms with E-state index in [2.05, 4.69) is 0 Å². The fourth-order valence-corrected chi connectivity index (χ4v) is 3.63. The molecule has 1 amide bonds. The Labute approximate surface area is 202 Å². The van der Waals surface area contributed by atoms with E-state index in [0.29, 0.717) is 28.8 Å². The Morgan fingerprint density at radius 1 is 0.914 bits per heavy atom. The van der Waals surface area contributed by atoms with E-state index in [9.17, 15) is 22.8 Å². The highest BCUT2D eigenvalue weighted by molar-refractivity contribution is 5.77. The summed E-state index contributed by atoms with van der Waals surface area (Å²) in [7, 11) is 1.28. The number of hydrogen-bond donors (Lipinski definition) is 0. The summed E-state index contributed by atoms with van der Waals surface area (Å²) in [5.41, 5.74) is 2.49. The van der Waals surface area contributed by atoms with Gasteiger partial charge in [-0.25, -0.2) is 4.79 Å². The number of carbonyl (C=O) groups is 2. The maximum absolute atomic E-state index is 13.0. The van der Waals surface area contributed by atoms with E-state index in [1.165, 1.54) is 24.1 Å². The SMILES string of the molecule is CCN(Cc1c(CC(=O)OC)cccc1-c1ccc(C(F)(F)F)cc1)C(=O)OCc1ccccc1. The summed E-state index contributed by atoms with van der Waals surface area (Å²) < 4.78 is 49.4. The lowest BCUT2D eigenvalue weighted by Crippen LogP contribution is -2.31. The molecule has 3 aromatic carbocycles. The first kappa shape index (κ1) is 25.8. The van der Waals surface area contributed by atoms with Crippen molar-refractivity contribution in [2.45, 2.75) is 32.7 Å². The number of ether oxygens (including phenoxy) is 2. The highest BCUT2D eigenvalue weighted by atomic mass is 19.4. The Bertz CT molecular complexity index is 1150. The molecule has 0 unspecified atom stereocenters. The maximum atomic E-state index is 13.0. The van der Waals surface area contributed by atoms with Crippen LogP contribution in [0.4, 0.5) is 18.0 Å². The lowest BCUT2D eigenvalue weighted by molar-refractivity contribution is -0.140. The van der Waals surface area contributed by atoms with Gasteiger partial charge in [0.15, 0.2) is 0 Å². The average molecular weight is 486 g/mol. The number of benzene rings is 3. The molecule has 3 aromatic rings. The first-order valence-electron chi connectivity index (χ1n) is 11.0. The summed E-state index contributed by atoms with van der Waals surface area (Å²) in [6.07, 6.45) is -5.03. The van der Waals surface area contributed by atoms with Crippen LogP contribution in [0.25, 0.3) is 11.1 Å². The van der Waals surface area contributed by atoms with Crippen molar-refractivity contribution in [3.63, 3.8) is 0 Å². The lowest BCUT2D eigenvalue weighted by atomic mass is 9.93. The second-order valence-corrected chi connectivity index (χ2v) is 7.83. The topological polar surface area (TPSA) is 55.8 Å². The predicted molar refractivity (Wildman–Crippen MR) is 125 cm³/mol. The van der Waals surface area contributed by atoms with Gasteiger partial charge in [0, 0.05) is 13.1 Å². The van der Waals surface area contributed by atoms with Crippen molar-refractivity contribution in [3.05, 3.63) is 95.1 Å². The normalized spacial score (nSPS) is 11.1. The lowest BCUT2D eigenvalue weighted by Gasteiger charge is -2.24. The van der Waals surface area contributed by atoms with Gasteiger partial charge in [0.2, 0.25) is 0 Å². The number of carbonyl (C=O) groups excluding carboxylic acids is 2. The van der Waals surface area contributed by atoms with Crippen LogP contribution in [0, 0.1) is 0 Å². The molecule has 8 heteroatoms. The minimum absolute atomic E-state index is 0.0447. The Morgan fingerprint density at radius 2 is 1.60 bits per heavy atom. The zero-order chi connectivity index (χ0) is 25.4. The Hall–Kier alpha value is -3.81. The van der Waals surface area contributed by atoms with Crippen LogP contribution >= 0.6 is 0 Å². The zero-order valence-electron chi connectivity index (χ0n) is 19.5. The van der Waals surface area contributed by atoms with Gasteiger partial charge in [-0.3, -0.25) is 4.79 Å². The fourth-order valence-electron chi connectivity index (χ4n) is 3.63. The highest BCUT2D eigenvalue weighted by Crippen LogP contribution is 2.33. The van der Waals surface area contributed by atoms with Crippen LogP contribution in [0.15, 0.2) is 72.8 Å². The van der Waals surface area contributed by atoms with Crippen molar-refractivity contribution in [2.24, 2.45) is 0 Å². The van der Waals surface area contributed by atoms with Crippen molar-refractivity contribution in [1.82, 2.24) is 4.90 Å². The molecular weight excluding hydrogens is 459 g/mol. The number of methoxy groups -OCH3 is 1. The molecule has 184 valence electrons. The van der Waals surface area contributed by atoms with Crippen LogP contribution in [-0.4, -0.2) is 30.6 Å². The number of hydrogen-bond acceptors (Lipinski definition) is 4. The van der Waals surface area contributed by atoms with Gasteiger partial charge in [-0.15, -0.1) is 0 Å². The van der Waals surface area contributed by atoms with E-state index < -0.39 is 23.8 Å². The monoisotopic (exact) mass is 485 g/mol. The number of esters is 1. The number of rotatable bonds is 8. The molecule has 0 aromatic heterocycles. The molecule has 35 heavy (non-hydrogen) atoms. The summed E-state index contributed by atoms with van der Waals surface area (Å²) in [4.78, 5) is 26.3. The second kappa shape index (κ2) is 11.6. The van der Waals surface area contributed by atoms with Crippen LogP contribution in [0.1, 0.15) is 29.2 Å². The maximum Gasteiger partial charge on any atom is 0.416 e. The van der Waals surface area contributed by atoms with Crippen molar-refractivity contribution in [2.75, 3.05) is 13.7 Å². The van der Waals surface area contributed by atoms with Crippen LogP contribution in [0.5, 0.6) is 0 Å². The quantitative estimate of drug-likeness (QED) is 0.354. The third-order valence-electron chi connectivity index (χ3n) is 5.55. The molecular formula is C27H26F3NO4. The molecule has 0 bridgehead atoms. The van der Waals surface area contributed by atoms with Crippen LogP contribution in [-0.2, 0) is 40.0 Å². The van der Waals surface area contributed by atoms with E-state index in [1.807, 2.05) is 30.3 Å². The molecule has 0 radical (unpaired) electrons. The van der Waals surface area contributed by atoms with Crippen molar-refractivity contribution >= 4 is 12.1 Å². The van der Waals surface area contributed by atoms with Gasteiger partial charge in [0.25, 0.3) is 0 Å². The average Bonchev–Trinajstić information content (AvgIpc) is 2.86. The van der Waals surface area contributed by atoms with Gasteiger partial charge in [-0.1, -0.05) is 60.7 Å².